The van der Waals surface area contributed by atoms with Gasteiger partial charge in [0.05, 0.1) is 51.4 Å². The molecule has 1 heterocycles. The van der Waals surface area contributed by atoms with Crippen LogP contribution in [0.2, 0.25) is 0 Å². The third-order valence-electron chi connectivity index (χ3n) is 21.1. The second kappa shape index (κ2) is 61.7. The quantitative estimate of drug-likeness (QED) is 0.0233. The minimum Gasteiger partial charge on any atom is -0.481 e. The Morgan fingerprint density at radius 1 is 0.374 bits per heavy atom. The molecule has 0 saturated heterocycles. The van der Waals surface area contributed by atoms with E-state index < -0.39 is 316 Å². The molecule has 0 unspecified atom stereocenters. The molecule has 0 fully saturated rings. The van der Waals surface area contributed by atoms with E-state index in [1.807, 2.05) is 0 Å². The summed E-state index contributed by atoms with van der Waals surface area (Å²) in [5.41, 5.74) is 23.2. The van der Waals surface area contributed by atoms with E-state index in [9.17, 15) is 142 Å². The highest BCUT2D eigenvalue weighted by Gasteiger charge is 2.41. The Bertz CT molecular complexity index is 4620. The number of aliphatic carboxylic acids is 2. The average molecular weight is 1990 g/mol. The van der Waals surface area contributed by atoms with Crippen LogP contribution in [0.5, 0.6) is 0 Å². The van der Waals surface area contributed by atoms with Crippen molar-refractivity contribution in [2.75, 3.05) is 45.0 Å². The number of carboxylic acids is 2. The Morgan fingerprint density at radius 3 is 1.14 bits per heavy atom. The number of aliphatic hydroxyl groups is 6. The lowest BCUT2D eigenvalue weighted by atomic mass is 10.0. The molecule has 3 rings (SSSR count). The lowest BCUT2D eigenvalue weighted by Crippen LogP contribution is -2.62. The number of aromatic amines is 1. The molecule has 0 aliphatic carbocycles. The molecule has 2 aromatic carbocycles. The number of aromatic nitrogens is 2. The summed E-state index contributed by atoms with van der Waals surface area (Å²) in [5, 5.41) is 122. The third kappa shape index (κ3) is 43.0. The number of nitrogens with two attached hydrogens (primary N) is 4. The van der Waals surface area contributed by atoms with Crippen molar-refractivity contribution in [1.82, 2.24) is 100 Å². The van der Waals surface area contributed by atoms with Gasteiger partial charge in [-0.15, -0.1) is 0 Å². The molecular formula is C86H133N23O29S. The van der Waals surface area contributed by atoms with Crippen LogP contribution in [0.15, 0.2) is 73.2 Å². The molecule has 1 aromatic heterocycles. The first kappa shape index (κ1) is 120. The van der Waals surface area contributed by atoms with Crippen molar-refractivity contribution in [2.45, 2.75) is 260 Å². The SMILES string of the molecule is CSCC[C@H](NC(=O)[C@H](CO)NC(=O)[C@@H](NC(=O)[C@H](C)NC(=O)[C@H](CCC(=O)O)NC(=O)[C@@H](NC(=O)[C@H](CC(N)=O)NC(=O)[C@H](Cc1cnc[nH]1)NC(=O)[C@H](CO)NC(=O)[C@H](C)NC(=O)[C@H](CO)NC(=O)[C@H](Cc1ccccc1)NC(=O)[C@@H](NC(=O)[C@H](CCCCN)NC(=O)[C@@H](N)CO)[C@@H](C)O)C(C)C)[C@@H](C)O)C(=O)N[C@@H](Cc1ccccc1)C(=O)N[C@@H](CCC(N)=O)C(=O)N[C@@H](CC(C)C)C(=O)O. The van der Waals surface area contributed by atoms with Crippen LogP contribution >= 0.6 is 11.8 Å². The highest BCUT2D eigenvalue weighted by Crippen LogP contribution is 2.16. The van der Waals surface area contributed by atoms with Crippen molar-refractivity contribution in [3.05, 3.63) is 90.0 Å². The first-order chi connectivity index (χ1) is 65.5. The number of imidazole rings is 1. The number of carbonyl (C=O) groups is 21. The van der Waals surface area contributed by atoms with E-state index in [2.05, 4.69) is 100 Å². The van der Waals surface area contributed by atoms with Gasteiger partial charge < -0.3 is 159 Å². The molecule has 3 aromatic rings. The third-order valence-corrected chi connectivity index (χ3v) is 21.7. The van der Waals surface area contributed by atoms with Gasteiger partial charge in [0.15, 0.2) is 0 Å². The molecule has 0 saturated carbocycles. The maximum absolute atomic E-state index is 14.4. The first-order valence-corrected chi connectivity index (χ1v) is 45.9. The molecule has 0 spiro atoms. The van der Waals surface area contributed by atoms with Crippen LogP contribution in [0, 0.1) is 11.8 Å². The number of thioether (sulfide) groups is 1. The smallest absolute Gasteiger partial charge is 0.326 e. The van der Waals surface area contributed by atoms with Crippen molar-refractivity contribution in [2.24, 2.45) is 34.8 Å². The van der Waals surface area contributed by atoms with Gasteiger partial charge in [-0.1, -0.05) is 88.4 Å². The van der Waals surface area contributed by atoms with Gasteiger partial charge in [0, 0.05) is 44.0 Å². The number of aliphatic hydroxyl groups excluding tert-OH is 6. The number of nitrogens with zero attached hydrogens (tertiary/aromatic N) is 1. The zero-order chi connectivity index (χ0) is 105. The molecule has 139 heavy (non-hydrogen) atoms. The van der Waals surface area contributed by atoms with Crippen molar-refractivity contribution in [3.8, 4) is 0 Å². The first-order valence-electron chi connectivity index (χ1n) is 44.5. The molecule has 34 N–H and O–H groups in total. The van der Waals surface area contributed by atoms with Crippen LogP contribution in [0.3, 0.4) is 0 Å². The summed E-state index contributed by atoms with van der Waals surface area (Å²) in [6.07, 6.45) is -3.42. The summed E-state index contributed by atoms with van der Waals surface area (Å²) in [5.74, 6) is -25.8. The number of nitrogens with one attached hydrogen (secondary N) is 18. The Kier molecular flexibility index (Phi) is 53.1. The fourth-order valence-electron chi connectivity index (χ4n) is 13.2. The van der Waals surface area contributed by atoms with Crippen molar-refractivity contribution in [3.63, 3.8) is 0 Å². The fourth-order valence-corrected chi connectivity index (χ4v) is 13.7. The van der Waals surface area contributed by atoms with E-state index in [0.29, 0.717) is 24.0 Å². The number of rotatable bonds is 65. The van der Waals surface area contributed by atoms with Crippen LogP contribution in [-0.4, -0.2) is 341 Å². The maximum Gasteiger partial charge on any atom is 0.326 e. The molecule has 0 aliphatic heterocycles. The van der Waals surface area contributed by atoms with E-state index in [1.165, 1.54) is 38.1 Å². The van der Waals surface area contributed by atoms with Crippen LogP contribution in [0.25, 0.3) is 0 Å². The number of carbonyl (C=O) groups excluding carboxylic acids is 19. The Labute approximate surface area is 803 Å². The average Bonchev–Trinajstić information content (AvgIpc) is 1.33. The number of amides is 19. The zero-order valence-corrected chi connectivity index (χ0v) is 79.2. The Morgan fingerprint density at radius 2 is 0.719 bits per heavy atom. The van der Waals surface area contributed by atoms with Gasteiger partial charge >= 0.3 is 11.9 Å². The standard InChI is InChI=1S/C86H133N23O29S/c1-41(2)30-59(86(137)138)103-73(124)52(23-25-63(89)116)96-76(127)55(31-47-18-12-10-13-19-47)99-74(125)54(27-29-139-9)97-81(132)62(39-113)106-85(136)67(45(7)114)108-70(121)44(6)93-72(123)53(24-26-65(118)119)98-83(134)66(42(3)4)107-79(130)58(34-64(90)117)101-78(129)57(33-49-35-91-40-92-49)100-82(133)61(38-112)104-69(120)43(5)94-80(131)60(37-111)105-77(128)56(32-48-20-14-11-15-21-48)102-84(135)68(46(8)115)109-75(126)51(22-16-17-28-87)95-71(122)50(88)36-110/h10-15,18-21,35,40-46,50-62,66-68,110-115H,16-17,22-34,36-39,87-88H2,1-9H3,(H2,89,116)(H2,90,117)(H,91,92)(H,93,123)(H,94,131)(H,95,122)(H,96,127)(H,97,132)(H,98,134)(H,99,125)(H,100,133)(H,101,129)(H,102,135)(H,103,124)(H,104,120)(H,105,128)(H,106,136)(H,107,130)(H,108,121)(H,109,126)(H,118,119)(H,137,138)/t43-,44-,45+,46+,50-,51-,52-,53-,54-,55-,56-,57-,58-,59-,60-,61-,62-,66-,67-,68-/m0/s1. The van der Waals surface area contributed by atoms with E-state index in [4.69, 9.17) is 22.9 Å². The number of hydrogen-bond acceptors (Lipinski definition) is 31. The van der Waals surface area contributed by atoms with Crippen LogP contribution in [0.1, 0.15) is 136 Å². The molecule has 20 atom stereocenters. The second-order valence-corrected chi connectivity index (χ2v) is 34.5. The predicted molar refractivity (Wildman–Crippen MR) is 493 cm³/mol. The number of primary amides is 2. The Balaban J connectivity index is 1.82. The highest BCUT2D eigenvalue weighted by atomic mass is 32.2. The summed E-state index contributed by atoms with van der Waals surface area (Å²) in [7, 11) is 0. The normalized spacial score (nSPS) is 15.5. The summed E-state index contributed by atoms with van der Waals surface area (Å²) in [6.45, 7) is 6.34. The van der Waals surface area contributed by atoms with E-state index >= 15 is 0 Å². The minimum atomic E-state index is -2.02. The molecule has 19 amide bonds. The van der Waals surface area contributed by atoms with E-state index in [0.717, 1.165) is 27.7 Å². The van der Waals surface area contributed by atoms with Crippen molar-refractivity contribution in [1.29, 1.82) is 0 Å². The van der Waals surface area contributed by atoms with Crippen LogP contribution in [-0.2, 0) is 120 Å². The largest absolute Gasteiger partial charge is 0.481 e. The lowest BCUT2D eigenvalue weighted by Gasteiger charge is -2.29. The number of carboxylic acid groups (broad SMARTS) is 2. The number of H-pyrrole nitrogens is 1. The minimum absolute atomic E-state index is 0.0121. The zero-order valence-electron chi connectivity index (χ0n) is 78.4. The molecule has 0 radical (unpaired) electrons. The van der Waals surface area contributed by atoms with Gasteiger partial charge in [-0.2, -0.15) is 11.8 Å². The maximum atomic E-state index is 14.4. The molecule has 772 valence electrons. The molecular weight excluding hydrogens is 1850 g/mol. The molecule has 52 nitrogen and oxygen atoms in total. The van der Waals surface area contributed by atoms with Gasteiger partial charge in [0.2, 0.25) is 112 Å². The van der Waals surface area contributed by atoms with Crippen LogP contribution < -0.4 is 113 Å². The fraction of sp³-hybridized carbons (Fsp3) is 0.581. The molecule has 0 bridgehead atoms. The van der Waals surface area contributed by atoms with Crippen molar-refractivity contribution < 1.29 is 142 Å². The van der Waals surface area contributed by atoms with E-state index in [1.54, 1.807) is 80.8 Å². The van der Waals surface area contributed by atoms with Gasteiger partial charge in [0.25, 0.3) is 0 Å². The van der Waals surface area contributed by atoms with Gasteiger partial charge in [0.1, 0.15) is 109 Å². The number of unbranched alkanes of at least 4 members (excludes halogenated alkanes) is 1. The summed E-state index contributed by atoms with van der Waals surface area (Å²) < 4.78 is 0. The summed E-state index contributed by atoms with van der Waals surface area (Å²) >= 11 is 1.22. The van der Waals surface area contributed by atoms with Crippen LogP contribution in [0.4, 0.5) is 0 Å². The van der Waals surface area contributed by atoms with E-state index in [-0.39, 0.29) is 56.0 Å². The Hall–Kier alpha value is -13.4. The second-order valence-electron chi connectivity index (χ2n) is 33.5. The monoisotopic (exact) mass is 1980 g/mol. The lowest BCUT2D eigenvalue weighted by molar-refractivity contribution is -0.143. The van der Waals surface area contributed by atoms with Gasteiger partial charge in [-0.05, 0) is 114 Å². The van der Waals surface area contributed by atoms with Gasteiger partial charge in [-0.25, -0.2) is 9.78 Å². The topological polar surface area (TPSA) is 858 Å². The highest BCUT2D eigenvalue weighted by molar-refractivity contribution is 7.98. The number of hydrogen-bond donors (Lipinski definition) is 30. The summed E-state index contributed by atoms with van der Waals surface area (Å²) in [6, 6.07) is -15.0. The number of benzene rings is 2. The molecule has 53 heteroatoms. The van der Waals surface area contributed by atoms with Crippen molar-refractivity contribution >= 4 is 136 Å². The molecule has 0 aliphatic rings. The predicted octanol–water partition coefficient (Wildman–Crippen LogP) is -11.5. The summed E-state index contributed by atoms with van der Waals surface area (Å²) in [4.78, 5) is 292. The van der Waals surface area contributed by atoms with Gasteiger partial charge in [-0.3, -0.25) is 95.9 Å².